The number of rotatable bonds is 6. The van der Waals surface area contributed by atoms with Gasteiger partial charge in [0.25, 0.3) is 0 Å². The highest BCUT2D eigenvalue weighted by atomic mass is 16.3. The monoisotopic (exact) mass is 277 g/mol. The molecule has 3 N–H and O–H groups in total. The number of likely N-dealkylation sites (N-methyl/N-ethyl adjacent to an activating group) is 1. The van der Waals surface area contributed by atoms with Crippen molar-refractivity contribution in [2.45, 2.75) is 12.0 Å². The zero-order chi connectivity index (χ0) is 14.6. The molecule has 20 heavy (non-hydrogen) atoms. The molecule has 0 amide bonds. The third-order valence-electron chi connectivity index (χ3n) is 4.24. The number of benzene rings is 1. The van der Waals surface area contributed by atoms with E-state index < -0.39 is 5.54 Å². The van der Waals surface area contributed by atoms with E-state index in [4.69, 9.17) is 5.73 Å². The van der Waals surface area contributed by atoms with Gasteiger partial charge in [-0.05, 0) is 38.5 Å². The third kappa shape index (κ3) is 3.79. The summed E-state index contributed by atoms with van der Waals surface area (Å²) < 4.78 is 0. The maximum Gasteiger partial charge on any atom is 0.0772 e. The SMILES string of the molecule is CN1CCC(CN(C)CC(N)(CO)c2ccccc2)C1. The number of hydrogen-bond donors (Lipinski definition) is 2. The van der Waals surface area contributed by atoms with Gasteiger partial charge in [-0.3, -0.25) is 0 Å². The minimum Gasteiger partial charge on any atom is -0.394 e. The average molecular weight is 277 g/mol. The van der Waals surface area contributed by atoms with Crippen molar-refractivity contribution in [3.05, 3.63) is 35.9 Å². The Morgan fingerprint density at radius 2 is 2.10 bits per heavy atom. The summed E-state index contributed by atoms with van der Waals surface area (Å²) in [5.41, 5.74) is 6.74. The lowest BCUT2D eigenvalue weighted by Gasteiger charge is -2.33. The van der Waals surface area contributed by atoms with Crippen LogP contribution >= 0.6 is 0 Å². The van der Waals surface area contributed by atoms with Gasteiger partial charge in [0.1, 0.15) is 0 Å². The van der Waals surface area contributed by atoms with E-state index >= 15 is 0 Å². The van der Waals surface area contributed by atoms with Crippen molar-refractivity contribution in [2.24, 2.45) is 11.7 Å². The van der Waals surface area contributed by atoms with Gasteiger partial charge in [-0.15, -0.1) is 0 Å². The van der Waals surface area contributed by atoms with Crippen LogP contribution < -0.4 is 5.73 Å². The molecule has 0 spiro atoms. The van der Waals surface area contributed by atoms with Crippen molar-refractivity contribution in [3.63, 3.8) is 0 Å². The van der Waals surface area contributed by atoms with Crippen LogP contribution in [0.3, 0.4) is 0 Å². The number of nitrogens with zero attached hydrogens (tertiary/aromatic N) is 2. The summed E-state index contributed by atoms with van der Waals surface area (Å²) in [5, 5.41) is 9.73. The maximum absolute atomic E-state index is 9.73. The Bertz CT molecular complexity index is 411. The second-order valence-corrected chi connectivity index (χ2v) is 6.29. The average Bonchev–Trinajstić information content (AvgIpc) is 2.84. The molecule has 2 rings (SSSR count). The van der Waals surface area contributed by atoms with Gasteiger partial charge in [0, 0.05) is 19.6 Å². The molecular weight excluding hydrogens is 250 g/mol. The number of likely N-dealkylation sites (tertiary alicyclic amines) is 1. The van der Waals surface area contributed by atoms with E-state index in [9.17, 15) is 5.11 Å². The molecule has 1 aliphatic heterocycles. The molecule has 0 aliphatic carbocycles. The van der Waals surface area contributed by atoms with Crippen LogP contribution in [-0.2, 0) is 5.54 Å². The van der Waals surface area contributed by atoms with Crippen LogP contribution in [0.25, 0.3) is 0 Å². The summed E-state index contributed by atoms with van der Waals surface area (Å²) >= 11 is 0. The van der Waals surface area contributed by atoms with E-state index in [1.807, 2.05) is 30.3 Å². The molecule has 0 saturated carbocycles. The summed E-state index contributed by atoms with van der Waals surface area (Å²) in [6.45, 7) is 4.02. The second kappa shape index (κ2) is 6.68. The molecule has 4 nitrogen and oxygen atoms in total. The van der Waals surface area contributed by atoms with Gasteiger partial charge in [-0.1, -0.05) is 30.3 Å². The van der Waals surface area contributed by atoms with Crippen molar-refractivity contribution in [1.82, 2.24) is 9.80 Å². The van der Waals surface area contributed by atoms with Crippen LogP contribution in [0.4, 0.5) is 0 Å². The minimum atomic E-state index is -0.680. The van der Waals surface area contributed by atoms with E-state index in [0.29, 0.717) is 12.5 Å². The van der Waals surface area contributed by atoms with Gasteiger partial charge in [0.05, 0.1) is 12.1 Å². The molecule has 1 aromatic carbocycles. The van der Waals surface area contributed by atoms with E-state index in [1.54, 1.807) is 0 Å². The quantitative estimate of drug-likeness (QED) is 0.804. The van der Waals surface area contributed by atoms with Crippen LogP contribution in [-0.4, -0.2) is 61.8 Å². The highest BCUT2D eigenvalue weighted by Gasteiger charge is 2.29. The van der Waals surface area contributed by atoms with Crippen molar-refractivity contribution in [2.75, 3.05) is 46.9 Å². The summed E-state index contributed by atoms with van der Waals surface area (Å²) in [5.74, 6) is 0.712. The van der Waals surface area contributed by atoms with Crippen LogP contribution in [0, 0.1) is 5.92 Å². The largest absolute Gasteiger partial charge is 0.394 e. The van der Waals surface area contributed by atoms with Crippen LogP contribution in [0.1, 0.15) is 12.0 Å². The Morgan fingerprint density at radius 1 is 1.40 bits per heavy atom. The molecule has 0 aromatic heterocycles. The maximum atomic E-state index is 9.73. The first-order valence-corrected chi connectivity index (χ1v) is 7.36. The second-order valence-electron chi connectivity index (χ2n) is 6.29. The standard InChI is InChI=1S/C16H27N3O/c1-18-9-8-14(10-18)11-19(2)12-16(17,13-20)15-6-4-3-5-7-15/h3-7,14,20H,8-13,17H2,1-2H3. The van der Waals surface area contributed by atoms with Crippen LogP contribution in [0.15, 0.2) is 30.3 Å². The number of nitrogens with two attached hydrogens (primary N) is 1. The molecule has 4 heteroatoms. The third-order valence-corrected chi connectivity index (χ3v) is 4.24. The Kier molecular flexibility index (Phi) is 5.16. The normalized spacial score (nSPS) is 23.1. The summed E-state index contributed by atoms with van der Waals surface area (Å²) in [6.07, 6.45) is 1.25. The molecule has 0 bridgehead atoms. The Hall–Kier alpha value is -0.940. The van der Waals surface area contributed by atoms with Gasteiger partial charge in [0.2, 0.25) is 0 Å². The highest BCUT2D eigenvalue weighted by molar-refractivity contribution is 5.24. The summed E-state index contributed by atoms with van der Waals surface area (Å²) in [6, 6.07) is 9.90. The fourth-order valence-electron chi connectivity index (χ4n) is 3.16. The first-order chi connectivity index (χ1) is 9.53. The molecule has 1 heterocycles. The highest BCUT2D eigenvalue weighted by Crippen LogP contribution is 2.21. The lowest BCUT2D eigenvalue weighted by Crippen LogP contribution is -2.50. The van der Waals surface area contributed by atoms with E-state index in [-0.39, 0.29) is 6.61 Å². The molecule has 0 radical (unpaired) electrons. The van der Waals surface area contributed by atoms with E-state index in [2.05, 4.69) is 23.9 Å². The lowest BCUT2D eigenvalue weighted by molar-refractivity contribution is 0.141. The van der Waals surface area contributed by atoms with Gasteiger partial charge in [-0.25, -0.2) is 0 Å². The van der Waals surface area contributed by atoms with Gasteiger partial charge in [-0.2, -0.15) is 0 Å². The molecular formula is C16H27N3O. The van der Waals surface area contributed by atoms with Crippen molar-refractivity contribution in [1.29, 1.82) is 0 Å². The molecule has 1 aliphatic rings. The zero-order valence-electron chi connectivity index (χ0n) is 12.6. The van der Waals surface area contributed by atoms with Crippen molar-refractivity contribution >= 4 is 0 Å². The smallest absolute Gasteiger partial charge is 0.0772 e. The number of aliphatic hydroxyl groups is 1. The van der Waals surface area contributed by atoms with Crippen molar-refractivity contribution in [3.8, 4) is 0 Å². The fourth-order valence-corrected chi connectivity index (χ4v) is 3.16. The lowest BCUT2D eigenvalue weighted by atomic mass is 9.91. The van der Waals surface area contributed by atoms with Crippen LogP contribution in [0.2, 0.25) is 0 Å². The first-order valence-electron chi connectivity index (χ1n) is 7.36. The summed E-state index contributed by atoms with van der Waals surface area (Å²) in [7, 11) is 4.27. The molecule has 1 fully saturated rings. The minimum absolute atomic E-state index is 0.0358. The topological polar surface area (TPSA) is 52.7 Å². The Balaban J connectivity index is 1.95. The zero-order valence-corrected chi connectivity index (χ0v) is 12.6. The molecule has 2 atom stereocenters. The number of aliphatic hydroxyl groups excluding tert-OH is 1. The molecule has 112 valence electrons. The predicted octanol–water partition coefficient (Wildman–Crippen LogP) is 0.716. The van der Waals surface area contributed by atoms with Gasteiger partial charge >= 0.3 is 0 Å². The van der Waals surface area contributed by atoms with Gasteiger partial charge < -0.3 is 20.6 Å². The Labute approximate surface area is 122 Å². The Morgan fingerprint density at radius 3 is 2.65 bits per heavy atom. The van der Waals surface area contributed by atoms with Gasteiger partial charge in [0.15, 0.2) is 0 Å². The predicted molar refractivity (Wildman–Crippen MR) is 82.5 cm³/mol. The number of hydrogen-bond acceptors (Lipinski definition) is 4. The van der Waals surface area contributed by atoms with Crippen LogP contribution in [0.5, 0.6) is 0 Å². The molecule has 1 saturated heterocycles. The first kappa shape index (κ1) is 15.4. The molecule has 2 unspecified atom stereocenters. The summed E-state index contributed by atoms with van der Waals surface area (Å²) in [4.78, 5) is 4.63. The van der Waals surface area contributed by atoms with Crippen molar-refractivity contribution < 1.29 is 5.11 Å². The fraction of sp³-hybridized carbons (Fsp3) is 0.625. The molecule has 1 aromatic rings. The van der Waals surface area contributed by atoms with E-state index in [0.717, 1.165) is 18.7 Å². The van der Waals surface area contributed by atoms with E-state index in [1.165, 1.54) is 13.0 Å².